The normalized spacial score (nSPS) is 22.2. The quantitative estimate of drug-likeness (QED) is 0.760. The zero-order chi connectivity index (χ0) is 19.6. The van der Waals surface area contributed by atoms with Gasteiger partial charge < -0.3 is 9.26 Å². The van der Waals surface area contributed by atoms with Gasteiger partial charge in [0.2, 0.25) is 0 Å². The molecule has 0 spiro atoms. The van der Waals surface area contributed by atoms with Gasteiger partial charge in [-0.3, -0.25) is 0 Å². The lowest BCUT2D eigenvalue weighted by Crippen LogP contribution is -2.44. The molecule has 0 saturated carbocycles. The highest BCUT2D eigenvalue weighted by Crippen LogP contribution is 2.36. The summed E-state index contributed by atoms with van der Waals surface area (Å²) in [5.41, 5.74) is 1.62. The van der Waals surface area contributed by atoms with Gasteiger partial charge in [-0.2, -0.15) is 17.0 Å². The van der Waals surface area contributed by atoms with Crippen molar-refractivity contribution in [3.8, 4) is 17.0 Å². The molecule has 0 amide bonds. The summed E-state index contributed by atoms with van der Waals surface area (Å²) in [4.78, 5) is 0. The van der Waals surface area contributed by atoms with Crippen LogP contribution in [-0.2, 0) is 10.2 Å². The molecule has 3 heterocycles. The van der Waals surface area contributed by atoms with E-state index >= 15 is 0 Å². The Kier molecular flexibility index (Phi) is 5.70. The van der Waals surface area contributed by atoms with Gasteiger partial charge in [-0.1, -0.05) is 18.0 Å². The van der Waals surface area contributed by atoms with Crippen molar-refractivity contribution in [3.63, 3.8) is 0 Å². The minimum atomic E-state index is -3.48. The first-order valence-corrected chi connectivity index (χ1v) is 11.4. The lowest BCUT2D eigenvalue weighted by Gasteiger charge is -2.31. The van der Waals surface area contributed by atoms with Crippen molar-refractivity contribution in [2.45, 2.75) is 44.6 Å². The van der Waals surface area contributed by atoms with Gasteiger partial charge in [-0.05, 0) is 49.9 Å². The van der Waals surface area contributed by atoms with Crippen molar-refractivity contribution in [3.05, 3.63) is 36.1 Å². The highest BCUT2D eigenvalue weighted by Gasteiger charge is 2.39. The van der Waals surface area contributed by atoms with Gasteiger partial charge in [0.15, 0.2) is 5.76 Å². The largest absolute Gasteiger partial charge is 0.497 e. The molecular weight excluding hydrogens is 378 g/mol. The number of hydrogen-bond acceptors (Lipinski definition) is 5. The van der Waals surface area contributed by atoms with Crippen LogP contribution in [0.15, 0.2) is 34.9 Å². The van der Waals surface area contributed by atoms with Crippen molar-refractivity contribution in [1.29, 1.82) is 0 Å². The Labute approximate surface area is 166 Å². The molecule has 0 N–H and O–H groups in total. The zero-order valence-corrected chi connectivity index (χ0v) is 17.0. The van der Waals surface area contributed by atoms with Gasteiger partial charge >= 0.3 is 0 Å². The van der Waals surface area contributed by atoms with Crippen LogP contribution < -0.4 is 4.74 Å². The fourth-order valence-corrected chi connectivity index (χ4v) is 5.96. The van der Waals surface area contributed by atoms with Crippen molar-refractivity contribution in [2.75, 3.05) is 26.7 Å². The summed E-state index contributed by atoms with van der Waals surface area (Å²) in [5, 5.41) is 4.21. The Bertz CT molecular complexity index is 888. The third-order valence-electron chi connectivity index (χ3n) is 5.63. The van der Waals surface area contributed by atoms with Gasteiger partial charge in [0.1, 0.15) is 11.4 Å². The van der Waals surface area contributed by atoms with Gasteiger partial charge in [0.25, 0.3) is 10.2 Å². The maximum atomic E-state index is 13.2. The van der Waals surface area contributed by atoms with E-state index in [9.17, 15) is 8.42 Å². The molecule has 28 heavy (non-hydrogen) atoms. The van der Waals surface area contributed by atoms with Gasteiger partial charge in [0, 0.05) is 31.3 Å². The molecule has 2 aromatic rings. The Balaban J connectivity index is 1.62. The number of hydrogen-bond donors (Lipinski definition) is 0. The molecule has 7 nitrogen and oxygen atoms in total. The summed E-state index contributed by atoms with van der Waals surface area (Å²) in [7, 11) is -1.85. The lowest BCUT2D eigenvalue weighted by molar-refractivity contribution is 0.246. The smallest absolute Gasteiger partial charge is 0.282 e. The van der Waals surface area contributed by atoms with Gasteiger partial charge in [0.05, 0.1) is 13.2 Å². The number of rotatable bonds is 5. The molecule has 0 bridgehead atoms. The standard InChI is InChI=1S/C20H27N3O4S/c1-26-17-10-8-16(9-11-17)18-15-20(27-21-18)19-7-3-2-4-14-23(19)28(24,25)22-12-5-6-13-22/h8-11,15,19H,2-7,12-14H2,1H3. The minimum absolute atomic E-state index is 0.299. The van der Waals surface area contributed by atoms with E-state index in [0.717, 1.165) is 49.8 Å². The molecule has 0 radical (unpaired) electrons. The molecule has 1 atom stereocenters. The van der Waals surface area contributed by atoms with Crippen LogP contribution in [0.2, 0.25) is 0 Å². The molecule has 152 valence electrons. The lowest BCUT2D eigenvalue weighted by atomic mass is 10.1. The molecule has 2 aliphatic rings. The molecule has 2 fully saturated rings. The van der Waals surface area contributed by atoms with E-state index in [1.807, 2.05) is 30.3 Å². The molecular formula is C20H27N3O4S. The SMILES string of the molecule is COc1ccc(-c2cc(C3CCCCCN3S(=O)(=O)N3CCCC3)on2)cc1. The first-order chi connectivity index (χ1) is 13.6. The predicted octanol–water partition coefficient (Wildman–Crippen LogP) is 3.61. The first-order valence-electron chi connectivity index (χ1n) is 9.97. The fraction of sp³-hybridized carbons (Fsp3) is 0.550. The van der Waals surface area contributed by atoms with E-state index in [-0.39, 0.29) is 6.04 Å². The maximum absolute atomic E-state index is 13.2. The molecule has 1 unspecified atom stereocenters. The van der Waals surface area contributed by atoms with Crippen LogP contribution >= 0.6 is 0 Å². The third-order valence-corrected chi connectivity index (χ3v) is 7.68. The molecule has 8 heteroatoms. The van der Waals surface area contributed by atoms with E-state index in [1.54, 1.807) is 15.7 Å². The van der Waals surface area contributed by atoms with Crippen LogP contribution in [0.3, 0.4) is 0 Å². The second kappa shape index (κ2) is 8.23. The number of benzene rings is 1. The monoisotopic (exact) mass is 405 g/mol. The first kappa shape index (κ1) is 19.4. The van der Waals surface area contributed by atoms with Gasteiger partial charge in [-0.25, -0.2) is 0 Å². The van der Waals surface area contributed by atoms with Crippen molar-refractivity contribution in [2.24, 2.45) is 0 Å². The minimum Gasteiger partial charge on any atom is -0.497 e. The van der Waals surface area contributed by atoms with Crippen LogP contribution in [0.4, 0.5) is 0 Å². The van der Waals surface area contributed by atoms with E-state index < -0.39 is 10.2 Å². The molecule has 2 saturated heterocycles. The van der Waals surface area contributed by atoms with E-state index in [0.29, 0.717) is 31.1 Å². The highest BCUT2D eigenvalue weighted by atomic mass is 32.2. The topological polar surface area (TPSA) is 75.9 Å². The van der Waals surface area contributed by atoms with E-state index in [1.165, 1.54) is 0 Å². The summed E-state index contributed by atoms with van der Waals surface area (Å²) < 4.78 is 40.6. The van der Waals surface area contributed by atoms with E-state index in [2.05, 4.69) is 5.16 Å². The van der Waals surface area contributed by atoms with Crippen LogP contribution in [0.1, 0.15) is 50.3 Å². The Morgan fingerprint density at radius 2 is 1.75 bits per heavy atom. The summed E-state index contributed by atoms with van der Waals surface area (Å²) in [5.74, 6) is 1.40. The van der Waals surface area contributed by atoms with Crippen molar-refractivity contribution in [1.82, 2.24) is 13.8 Å². The van der Waals surface area contributed by atoms with E-state index in [4.69, 9.17) is 9.26 Å². The van der Waals surface area contributed by atoms with Crippen LogP contribution in [-0.4, -0.2) is 48.9 Å². The van der Waals surface area contributed by atoms with Gasteiger partial charge in [-0.15, -0.1) is 0 Å². The Morgan fingerprint density at radius 1 is 1.04 bits per heavy atom. The second-order valence-corrected chi connectivity index (χ2v) is 9.31. The highest BCUT2D eigenvalue weighted by molar-refractivity contribution is 7.86. The summed E-state index contributed by atoms with van der Waals surface area (Å²) in [6, 6.07) is 9.18. The maximum Gasteiger partial charge on any atom is 0.282 e. The van der Waals surface area contributed by atoms with Crippen molar-refractivity contribution < 1.29 is 17.7 Å². The zero-order valence-electron chi connectivity index (χ0n) is 16.2. The number of methoxy groups -OCH3 is 1. The molecule has 1 aromatic carbocycles. The molecule has 0 aliphatic carbocycles. The Morgan fingerprint density at radius 3 is 2.46 bits per heavy atom. The summed E-state index contributed by atoms with van der Waals surface area (Å²) in [6.45, 7) is 1.75. The third kappa shape index (κ3) is 3.81. The predicted molar refractivity (Wildman–Crippen MR) is 106 cm³/mol. The van der Waals surface area contributed by atoms with Crippen LogP contribution in [0, 0.1) is 0 Å². The number of aromatic nitrogens is 1. The summed E-state index contributed by atoms with van der Waals surface area (Å²) >= 11 is 0. The Hall–Kier alpha value is -1.90. The molecule has 4 rings (SSSR count). The van der Waals surface area contributed by atoms with Crippen molar-refractivity contribution >= 4 is 10.2 Å². The second-order valence-electron chi connectivity index (χ2n) is 7.43. The number of nitrogens with zero attached hydrogens (tertiary/aromatic N) is 3. The van der Waals surface area contributed by atoms with Crippen LogP contribution in [0.25, 0.3) is 11.3 Å². The molecule has 1 aromatic heterocycles. The number of ether oxygens (including phenoxy) is 1. The fourth-order valence-electron chi connectivity index (χ4n) is 4.05. The average molecular weight is 406 g/mol. The average Bonchev–Trinajstić information content (AvgIpc) is 3.36. The van der Waals surface area contributed by atoms with Crippen LogP contribution in [0.5, 0.6) is 5.75 Å². The summed E-state index contributed by atoms with van der Waals surface area (Å²) in [6.07, 6.45) is 5.51. The molecule has 2 aliphatic heterocycles.